The number of nitrogens with one attached hydrogen (secondary N) is 1. The van der Waals surface area contributed by atoms with E-state index in [-0.39, 0.29) is 6.10 Å². The lowest BCUT2D eigenvalue weighted by molar-refractivity contribution is -0.887. The number of aliphatic hydroxyl groups excluding tert-OH is 1. The third-order valence-electron chi connectivity index (χ3n) is 3.74. The highest BCUT2D eigenvalue weighted by Gasteiger charge is 2.18. The first-order valence-electron chi connectivity index (χ1n) is 6.95. The maximum Gasteiger partial charge on any atom is 0.128 e. The van der Waals surface area contributed by atoms with Gasteiger partial charge in [-0.15, -0.1) is 0 Å². The van der Waals surface area contributed by atoms with Crippen molar-refractivity contribution in [3.8, 4) is 0 Å². The summed E-state index contributed by atoms with van der Waals surface area (Å²) >= 11 is 0. The fraction of sp³-hybridized carbons (Fsp3) is 0.500. The van der Waals surface area contributed by atoms with Crippen LogP contribution in [0.4, 0.5) is 0 Å². The molecule has 1 aliphatic carbocycles. The summed E-state index contributed by atoms with van der Waals surface area (Å²) in [7, 11) is 2.18. The molecule has 2 rings (SSSR count). The molecule has 0 radical (unpaired) electrons. The van der Waals surface area contributed by atoms with Gasteiger partial charge in [0.25, 0.3) is 0 Å². The Morgan fingerprint density at radius 2 is 2.06 bits per heavy atom. The molecular weight excluding hydrogens is 222 g/mol. The molecule has 0 bridgehead atoms. The Bertz CT molecular complexity index is 374. The van der Waals surface area contributed by atoms with Crippen molar-refractivity contribution >= 4 is 0 Å². The lowest BCUT2D eigenvalue weighted by Crippen LogP contribution is -3.10. The molecule has 0 fully saturated rings. The molecule has 0 aromatic heterocycles. The van der Waals surface area contributed by atoms with E-state index in [9.17, 15) is 5.11 Å². The zero-order valence-corrected chi connectivity index (χ0v) is 11.2. The number of hydrogen-bond donors (Lipinski definition) is 2. The Hall–Kier alpha value is -1.12. The van der Waals surface area contributed by atoms with Crippen molar-refractivity contribution in [2.45, 2.75) is 25.4 Å². The second-order valence-electron chi connectivity index (χ2n) is 5.44. The molecule has 1 aromatic carbocycles. The number of likely N-dealkylation sites (N-methyl/N-ethyl adjacent to an activating group) is 1. The molecule has 2 nitrogen and oxygen atoms in total. The van der Waals surface area contributed by atoms with E-state index < -0.39 is 0 Å². The first-order valence-corrected chi connectivity index (χ1v) is 6.95. The van der Waals surface area contributed by atoms with Crippen molar-refractivity contribution in [3.63, 3.8) is 0 Å². The second kappa shape index (κ2) is 6.72. The third-order valence-corrected chi connectivity index (χ3v) is 3.74. The van der Waals surface area contributed by atoms with Gasteiger partial charge in [-0.2, -0.15) is 0 Å². The molecule has 0 saturated carbocycles. The first kappa shape index (κ1) is 13.3. The molecule has 0 saturated heterocycles. The molecule has 0 aliphatic heterocycles. The highest BCUT2D eigenvalue weighted by Crippen LogP contribution is 2.16. The van der Waals surface area contributed by atoms with Crippen LogP contribution in [-0.4, -0.2) is 25.2 Å². The van der Waals surface area contributed by atoms with Gasteiger partial charge in [-0.1, -0.05) is 42.5 Å². The largest absolute Gasteiger partial charge is 0.382 e. The number of rotatable bonds is 5. The zero-order valence-electron chi connectivity index (χ0n) is 11.2. The molecule has 1 aromatic rings. The van der Waals surface area contributed by atoms with E-state index in [1.165, 1.54) is 24.2 Å². The van der Waals surface area contributed by atoms with Crippen LogP contribution in [0.3, 0.4) is 0 Å². The van der Waals surface area contributed by atoms with Crippen molar-refractivity contribution in [1.29, 1.82) is 0 Å². The fourth-order valence-electron chi connectivity index (χ4n) is 2.74. The van der Waals surface area contributed by atoms with Gasteiger partial charge in [0.1, 0.15) is 12.6 Å². The van der Waals surface area contributed by atoms with Crippen LogP contribution in [0, 0.1) is 5.92 Å². The third kappa shape index (κ3) is 3.97. The highest BCUT2D eigenvalue weighted by atomic mass is 16.3. The van der Waals surface area contributed by atoms with Crippen LogP contribution in [0.5, 0.6) is 0 Å². The smallest absolute Gasteiger partial charge is 0.128 e. The van der Waals surface area contributed by atoms with Crippen LogP contribution in [0.25, 0.3) is 0 Å². The lowest BCUT2D eigenvalue weighted by Gasteiger charge is -2.24. The van der Waals surface area contributed by atoms with Crippen molar-refractivity contribution in [3.05, 3.63) is 48.0 Å². The first-order chi connectivity index (χ1) is 8.75. The fourth-order valence-corrected chi connectivity index (χ4v) is 2.74. The van der Waals surface area contributed by atoms with E-state index in [1.54, 1.807) is 0 Å². The zero-order chi connectivity index (χ0) is 12.8. The van der Waals surface area contributed by atoms with Crippen LogP contribution in [0.1, 0.15) is 30.9 Å². The maximum absolute atomic E-state index is 10.2. The van der Waals surface area contributed by atoms with Gasteiger partial charge in [0.2, 0.25) is 0 Å². The Morgan fingerprint density at radius 3 is 2.72 bits per heavy atom. The van der Waals surface area contributed by atoms with Crippen LogP contribution in [-0.2, 0) is 0 Å². The number of benzene rings is 1. The summed E-state index contributed by atoms with van der Waals surface area (Å²) in [6, 6.07) is 9.96. The molecule has 1 aliphatic rings. The van der Waals surface area contributed by atoms with E-state index in [2.05, 4.69) is 19.2 Å². The molecule has 0 spiro atoms. The molecule has 2 N–H and O–H groups in total. The van der Waals surface area contributed by atoms with E-state index in [0.717, 1.165) is 24.6 Å². The molecule has 1 unspecified atom stereocenters. The minimum Gasteiger partial charge on any atom is -0.382 e. The van der Waals surface area contributed by atoms with E-state index in [1.807, 2.05) is 30.3 Å². The molecular formula is C16H24NO+. The van der Waals surface area contributed by atoms with Crippen LogP contribution in [0.2, 0.25) is 0 Å². The standard InChI is InChI=1S/C16H23NO/c1-17(12-14-8-4-2-5-9-14)13-16(18)15-10-6-3-7-11-15/h2-4,6-7,10-11,14,16,18H,5,8-9,12-13H2,1H3/p+1/t14-,16-/m0/s1. The van der Waals surface area contributed by atoms with E-state index >= 15 is 0 Å². The SMILES string of the molecule is C[NH+](C[C@H]1CC=CCC1)C[C@H](O)c1ccccc1. The topological polar surface area (TPSA) is 24.7 Å². The summed E-state index contributed by atoms with van der Waals surface area (Å²) < 4.78 is 0. The van der Waals surface area contributed by atoms with Crippen molar-refractivity contribution in [2.24, 2.45) is 5.92 Å². The minimum atomic E-state index is -0.342. The molecule has 3 atom stereocenters. The summed E-state index contributed by atoms with van der Waals surface area (Å²) in [6.45, 7) is 1.96. The highest BCUT2D eigenvalue weighted by molar-refractivity contribution is 5.17. The molecule has 2 heteroatoms. The number of aliphatic hydroxyl groups is 1. The van der Waals surface area contributed by atoms with Gasteiger partial charge in [0.15, 0.2) is 0 Å². The molecule has 18 heavy (non-hydrogen) atoms. The summed E-state index contributed by atoms with van der Waals surface area (Å²) in [4.78, 5) is 1.42. The van der Waals surface area contributed by atoms with Gasteiger partial charge in [-0.05, 0) is 24.8 Å². The van der Waals surface area contributed by atoms with Gasteiger partial charge in [0, 0.05) is 5.92 Å². The summed E-state index contributed by atoms with van der Waals surface area (Å²) in [5, 5.41) is 10.2. The number of quaternary nitrogens is 1. The average Bonchev–Trinajstić information content (AvgIpc) is 2.40. The Morgan fingerprint density at radius 1 is 1.28 bits per heavy atom. The van der Waals surface area contributed by atoms with E-state index in [0.29, 0.717) is 0 Å². The van der Waals surface area contributed by atoms with Gasteiger partial charge in [-0.3, -0.25) is 0 Å². The summed E-state index contributed by atoms with van der Waals surface area (Å²) in [5.74, 6) is 0.790. The summed E-state index contributed by atoms with van der Waals surface area (Å²) in [5.41, 5.74) is 1.03. The summed E-state index contributed by atoms with van der Waals surface area (Å²) in [6.07, 6.45) is 7.97. The van der Waals surface area contributed by atoms with Crippen molar-refractivity contribution < 1.29 is 10.0 Å². The Kier molecular flexibility index (Phi) is 4.97. The van der Waals surface area contributed by atoms with Crippen molar-refractivity contribution in [1.82, 2.24) is 0 Å². The van der Waals surface area contributed by atoms with Gasteiger partial charge in [0.05, 0.1) is 13.6 Å². The predicted molar refractivity (Wildman–Crippen MR) is 74.5 cm³/mol. The van der Waals surface area contributed by atoms with Gasteiger partial charge < -0.3 is 10.0 Å². The Balaban J connectivity index is 1.80. The minimum absolute atomic E-state index is 0.342. The van der Waals surface area contributed by atoms with Crippen LogP contribution >= 0.6 is 0 Å². The normalized spacial score (nSPS) is 22.7. The molecule has 98 valence electrons. The van der Waals surface area contributed by atoms with Gasteiger partial charge >= 0.3 is 0 Å². The molecule has 0 amide bonds. The monoisotopic (exact) mass is 246 g/mol. The second-order valence-corrected chi connectivity index (χ2v) is 5.44. The van der Waals surface area contributed by atoms with E-state index in [4.69, 9.17) is 0 Å². The maximum atomic E-state index is 10.2. The van der Waals surface area contributed by atoms with Crippen LogP contribution in [0.15, 0.2) is 42.5 Å². The number of allylic oxidation sites excluding steroid dienone is 2. The Labute approximate surface area is 110 Å². The lowest BCUT2D eigenvalue weighted by atomic mass is 9.94. The van der Waals surface area contributed by atoms with Crippen molar-refractivity contribution in [2.75, 3.05) is 20.1 Å². The van der Waals surface area contributed by atoms with Gasteiger partial charge in [-0.25, -0.2) is 0 Å². The number of hydrogen-bond acceptors (Lipinski definition) is 1. The average molecular weight is 246 g/mol. The molecule has 0 heterocycles. The predicted octanol–water partition coefficient (Wildman–Crippen LogP) is 1.59. The quantitative estimate of drug-likeness (QED) is 0.758. The van der Waals surface area contributed by atoms with Crippen LogP contribution < -0.4 is 4.90 Å².